The monoisotopic (exact) mass is 505 g/mol. The first-order chi connectivity index (χ1) is 16.3. The predicted octanol–water partition coefficient (Wildman–Crippen LogP) is 4.51. The van der Waals surface area contributed by atoms with Gasteiger partial charge in [0.1, 0.15) is 10.3 Å². The first-order valence-electron chi connectivity index (χ1n) is 10.3. The van der Waals surface area contributed by atoms with Crippen LogP contribution in [0.1, 0.15) is 17.8 Å². The van der Waals surface area contributed by atoms with Gasteiger partial charge in [0.25, 0.3) is 5.92 Å². The Hall–Kier alpha value is -3.45. The molecule has 0 aromatic carbocycles. The third kappa shape index (κ3) is 4.48. The zero-order chi connectivity index (χ0) is 23.9. The number of nitrogens with one attached hydrogen (secondary N) is 2. The van der Waals surface area contributed by atoms with Crippen molar-refractivity contribution in [2.24, 2.45) is 0 Å². The third-order valence-corrected chi connectivity index (χ3v) is 6.41. The highest BCUT2D eigenvalue weighted by Gasteiger charge is 2.35. The van der Waals surface area contributed by atoms with Gasteiger partial charge in [-0.2, -0.15) is 10.2 Å². The van der Waals surface area contributed by atoms with Gasteiger partial charge in [0.05, 0.1) is 51.9 Å². The number of amides is 2. The second-order valence-electron chi connectivity index (χ2n) is 7.68. The van der Waals surface area contributed by atoms with E-state index in [1.807, 2.05) is 11.8 Å². The number of hydrogen-bond acceptors (Lipinski definition) is 8. The Bertz CT molecular complexity index is 1350. The van der Waals surface area contributed by atoms with Crippen molar-refractivity contribution < 1.29 is 13.6 Å². The summed E-state index contributed by atoms with van der Waals surface area (Å²) in [4.78, 5) is 29.7. The molecule has 5 heterocycles. The van der Waals surface area contributed by atoms with Gasteiger partial charge in [-0.1, -0.05) is 22.9 Å². The molecule has 0 unspecified atom stereocenters. The van der Waals surface area contributed by atoms with Crippen LogP contribution in [0.4, 0.5) is 30.6 Å². The van der Waals surface area contributed by atoms with Crippen molar-refractivity contribution in [2.75, 3.05) is 28.6 Å². The van der Waals surface area contributed by atoms with Crippen molar-refractivity contribution in [3.05, 3.63) is 40.9 Å². The van der Waals surface area contributed by atoms with Crippen LogP contribution in [0.2, 0.25) is 5.02 Å². The number of aryl methyl sites for hydroxylation is 1. The van der Waals surface area contributed by atoms with Gasteiger partial charge in [0, 0.05) is 25.9 Å². The van der Waals surface area contributed by atoms with Gasteiger partial charge < -0.3 is 15.5 Å². The lowest BCUT2D eigenvalue weighted by atomic mass is 10.1. The van der Waals surface area contributed by atoms with Crippen molar-refractivity contribution in [1.82, 2.24) is 29.9 Å². The molecule has 0 bridgehead atoms. The summed E-state index contributed by atoms with van der Waals surface area (Å²) in [6.45, 7) is 2.13. The number of aromatic nitrogens is 6. The Morgan fingerprint density at radius 2 is 1.88 bits per heavy atom. The van der Waals surface area contributed by atoms with Crippen LogP contribution < -0.4 is 15.5 Å². The minimum Gasteiger partial charge on any atom is -0.368 e. The van der Waals surface area contributed by atoms with Gasteiger partial charge in [0.15, 0.2) is 5.82 Å². The molecule has 176 valence electrons. The van der Waals surface area contributed by atoms with E-state index in [0.717, 1.165) is 5.01 Å². The number of hydrogen-bond donors (Lipinski definition) is 2. The number of thiazole rings is 1. The summed E-state index contributed by atoms with van der Waals surface area (Å²) in [5, 5.41) is 14.4. The topological polar surface area (TPSA) is 114 Å². The summed E-state index contributed by atoms with van der Waals surface area (Å²) in [6, 6.07) is 0.950. The standard InChI is InChI=1S/C20H18ClF2N9OS/c1-11-28-15-16(31-6-2-20(22,23)3-7-31)14(10-25-18(15)34-11)30-19(33)29-12-8-13(21)17(24-9-12)32-26-4-5-27-32/h4-5,8-10H,2-3,6-7H2,1H3,(H2,29,30,33). The molecule has 2 N–H and O–H groups in total. The lowest BCUT2D eigenvalue weighted by Crippen LogP contribution is -2.40. The minimum atomic E-state index is -2.70. The van der Waals surface area contributed by atoms with E-state index in [2.05, 4.69) is 35.8 Å². The average Bonchev–Trinajstić information content (AvgIpc) is 3.43. The molecule has 0 radical (unpaired) electrons. The number of rotatable bonds is 4. The molecule has 5 rings (SSSR count). The third-order valence-electron chi connectivity index (χ3n) is 5.25. The molecule has 14 heteroatoms. The highest BCUT2D eigenvalue weighted by atomic mass is 35.5. The van der Waals surface area contributed by atoms with Gasteiger partial charge in [0.2, 0.25) is 0 Å². The SMILES string of the molecule is Cc1nc2c(N3CCC(F)(F)CC3)c(NC(=O)Nc3cnc(-n4nccn4)c(Cl)c3)cnc2s1. The normalized spacial score (nSPS) is 15.5. The van der Waals surface area contributed by atoms with E-state index in [1.54, 1.807) is 0 Å². The molecule has 0 spiro atoms. The highest BCUT2D eigenvalue weighted by molar-refractivity contribution is 7.18. The van der Waals surface area contributed by atoms with Crippen LogP contribution in [0.25, 0.3) is 16.2 Å². The van der Waals surface area contributed by atoms with Crippen molar-refractivity contribution in [2.45, 2.75) is 25.7 Å². The molecule has 0 saturated carbocycles. The Kier molecular flexibility index (Phi) is 5.73. The summed E-state index contributed by atoms with van der Waals surface area (Å²) in [7, 11) is 0. The summed E-state index contributed by atoms with van der Waals surface area (Å²) < 4.78 is 27.5. The van der Waals surface area contributed by atoms with Crippen LogP contribution >= 0.6 is 22.9 Å². The van der Waals surface area contributed by atoms with E-state index in [4.69, 9.17) is 11.6 Å². The van der Waals surface area contributed by atoms with Gasteiger partial charge >= 0.3 is 6.03 Å². The lowest BCUT2D eigenvalue weighted by molar-refractivity contribution is -0.0220. The number of halogens is 3. The molecule has 34 heavy (non-hydrogen) atoms. The molecule has 4 aromatic heterocycles. The largest absolute Gasteiger partial charge is 0.368 e. The molecule has 1 saturated heterocycles. The van der Waals surface area contributed by atoms with Gasteiger partial charge in [-0.25, -0.2) is 28.5 Å². The maximum atomic E-state index is 13.8. The van der Waals surface area contributed by atoms with Gasteiger partial charge in [-0.3, -0.25) is 0 Å². The Morgan fingerprint density at radius 3 is 2.59 bits per heavy atom. The van der Waals surface area contributed by atoms with Crippen molar-refractivity contribution in [3.8, 4) is 5.82 Å². The molecule has 0 atom stereocenters. The molecule has 0 aliphatic carbocycles. The fourth-order valence-corrected chi connectivity index (χ4v) is 4.70. The minimum absolute atomic E-state index is 0.140. The number of piperidine rings is 1. The maximum Gasteiger partial charge on any atom is 0.323 e. The fraction of sp³-hybridized carbons (Fsp3) is 0.300. The second-order valence-corrected chi connectivity index (χ2v) is 9.27. The second kappa shape index (κ2) is 8.72. The van der Waals surface area contributed by atoms with E-state index in [0.29, 0.717) is 33.2 Å². The zero-order valence-corrected chi connectivity index (χ0v) is 19.4. The number of anilines is 3. The molecule has 2 amide bonds. The lowest BCUT2D eigenvalue weighted by Gasteiger charge is -2.34. The summed E-state index contributed by atoms with van der Waals surface area (Å²) in [5.74, 6) is -2.38. The van der Waals surface area contributed by atoms with Crippen molar-refractivity contribution >= 4 is 56.4 Å². The van der Waals surface area contributed by atoms with E-state index >= 15 is 0 Å². The molecule has 4 aromatic rings. The van der Waals surface area contributed by atoms with Crippen LogP contribution in [-0.4, -0.2) is 55.0 Å². The number of alkyl halides is 2. The number of pyridine rings is 2. The van der Waals surface area contributed by atoms with Gasteiger partial charge in [-0.05, 0) is 13.0 Å². The Balaban J connectivity index is 1.39. The van der Waals surface area contributed by atoms with Gasteiger partial charge in [-0.15, -0.1) is 4.80 Å². The molecule has 1 aliphatic heterocycles. The first kappa shape index (κ1) is 22.3. The van der Waals surface area contributed by atoms with Crippen LogP contribution in [0.3, 0.4) is 0 Å². The van der Waals surface area contributed by atoms with Crippen LogP contribution in [0.15, 0.2) is 30.9 Å². The number of fused-ring (bicyclic) bond motifs is 1. The van der Waals surface area contributed by atoms with Crippen molar-refractivity contribution in [1.29, 1.82) is 0 Å². The zero-order valence-electron chi connectivity index (χ0n) is 17.8. The summed E-state index contributed by atoms with van der Waals surface area (Å²) in [6.07, 6.45) is 5.38. The fourth-order valence-electron chi connectivity index (χ4n) is 3.70. The average molecular weight is 506 g/mol. The van der Waals surface area contributed by atoms with Crippen LogP contribution in [0.5, 0.6) is 0 Å². The number of carbonyl (C=O) groups excluding carboxylic acids is 1. The first-order valence-corrected chi connectivity index (χ1v) is 11.5. The number of nitrogens with zero attached hydrogens (tertiary/aromatic N) is 7. The quantitative estimate of drug-likeness (QED) is 0.419. The van der Waals surface area contributed by atoms with Crippen molar-refractivity contribution in [3.63, 3.8) is 0 Å². The molecule has 1 fully saturated rings. The van der Waals surface area contributed by atoms with Crippen LogP contribution in [0, 0.1) is 6.92 Å². The Labute approximate surface area is 201 Å². The Morgan fingerprint density at radius 1 is 1.15 bits per heavy atom. The molecule has 1 aliphatic rings. The summed E-state index contributed by atoms with van der Waals surface area (Å²) >= 11 is 7.66. The molecule has 10 nitrogen and oxygen atoms in total. The van der Waals surface area contributed by atoms with E-state index < -0.39 is 12.0 Å². The predicted molar refractivity (Wildman–Crippen MR) is 125 cm³/mol. The maximum absolute atomic E-state index is 13.8. The summed E-state index contributed by atoms with van der Waals surface area (Å²) in [5.41, 5.74) is 1.87. The number of urea groups is 1. The van der Waals surface area contributed by atoms with E-state index in [-0.39, 0.29) is 31.0 Å². The molecular weight excluding hydrogens is 488 g/mol. The van der Waals surface area contributed by atoms with Crippen LogP contribution in [-0.2, 0) is 0 Å². The van der Waals surface area contributed by atoms with E-state index in [9.17, 15) is 13.6 Å². The highest BCUT2D eigenvalue weighted by Crippen LogP contribution is 2.39. The van der Waals surface area contributed by atoms with E-state index in [1.165, 1.54) is 47.0 Å². The number of carbonyl (C=O) groups is 1. The molecular formula is C20H18ClF2N9OS. The smallest absolute Gasteiger partial charge is 0.323 e.